The van der Waals surface area contributed by atoms with Crippen molar-refractivity contribution in [2.45, 2.75) is 78.2 Å². The van der Waals surface area contributed by atoms with Crippen LogP contribution in [0.15, 0.2) is 0 Å². The lowest BCUT2D eigenvalue weighted by molar-refractivity contribution is -0.211. The Morgan fingerprint density at radius 2 is 1.85 bits per heavy atom. The van der Waals surface area contributed by atoms with Gasteiger partial charge in [0.15, 0.2) is 0 Å². The van der Waals surface area contributed by atoms with Crippen LogP contribution in [0.4, 0.5) is 0 Å². The number of hydroxylamine groups is 2. The molecule has 0 aromatic carbocycles. The van der Waals surface area contributed by atoms with Crippen molar-refractivity contribution in [1.29, 1.82) is 0 Å². The highest BCUT2D eigenvalue weighted by Crippen LogP contribution is 2.64. The van der Waals surface area contributed by atoms with E-state index in [9.17, 15) is 19.6 Å². The molecule has 4 aliphatic rings. The summed E-state index contributed by atoms with van der Waals surface area (Å²) < 4.78 is 5.50. The number of nitrogens with zero attached hydrogens (tertiary/aromatic N) is 1. The minimum absolute atomic E-state index is 0.0311. The lowest BCUT2D eigenvalue weighted by Gasteiger charge is -2.61. The molecule has 3 aliphatic carbocycles. The molecule has 0 aromatic heterocycles. The minimum Gasteiger partial charge on any atom is -0.463 e. The van der Waals surface area contributed by atoms with E-state index in [0.717, 1.165) is 44.9 Å². The van der Waals surface area contributed by atoms with Crippen molar-refractivity contribution in [2.24, 2.45) is 34.5 Å². The van der Waals surface area contributed by atoms with E-state index in [1.54, 1.807) is 0 Å². The van der Waals surface area contributed by atoms with Crippen LogP contribution >= 0.6 is 0 Å². The van der Waals surface area contributed by atoms with E-state index in [1.807, 2.05) is 6.92 Å². The number of esters is 1. The molecule has 3 saturated carbocycles. The van der Waals surface area contributed by atoms with Gasteiger partial charge in [-0.3, -0.25) is 19.6 Å². The minimum atomic E-state index is -0.623. The van der Waals surface area contributed by atoms with Crippen LogP contribution < -0.4 is 0 Å². The molecule has 1 heterocycles. The first-order valence-electron chi connectivity index (χ1n) is 10.4. The Morgan fingerprint density at radius 3 is 2.56 bits per heavy atom. The zero-order valence-electron chi connectivity index (χ0n) is 16.6. The van der Waals surface area contributed by atoms with E-state index in [4.69, 9.17) is 4.74 Å². The fraction of sp³-hybridized carbons (Fsp3) is 0.857. The van der Waals surface area contributed by atoms with E-state index >= 15 is 0 Å². The molecule has 1 saturated heterocycles. The summed E-state index contributed by atoms with van der Waals surface area (Å²) in [7, 11) is 0. The molecule has 2 amide bonds. The monoisotopic (exact) mass is 377 g/mol. The van der Waals surface area contributed by atoms with Crippen molar-refractivity contribution < 1.29 is 24.3 Å². The van der Waals surface area contributed by atoms with Crippen LogP contribution in [-0.2, 0) is 19.1 Å². The maximum Gasteiger partial charge on any atom is 0.302 e. The third-order valence-electron chi connectivity index (χ3n) is 8.65. The summed E-state index contributed by atoms with van der Waals surface area (Å²) in [6, 6.07) is 0. The fourth-order valence-electron chi connectivity index (χ4n) is 7.15. The summed E-state index contributed by atoms with van der Waals surface area (Å²) >= 11 is 0. The molecule has 0 unspecified atom stereocenters. The largest absolute Gasteiger partial charge is 0.463 e. The standard InChI is InChI=1S/C21H31NO5/c1-12(23)27-14-6-8-20(2)13(10-14)4-5-15-16(20)7-9-21(3)17(15)11-18(24)22(26)19(21)25/h13-17,26H,4-11H2,1-3H3/t13-,14+,15-,16+,17-,20+,21-/m1/s1. The Bertz CT molecular complexity index is 677. The van der Waals surface area contributed by atoms with Crippen molar-refractivity contribution in [3.63, 3.8) is 0 Å². The summed E-state index contributed by atoms with van der Waals surface area (Å²) in [5.74, 6) is 0.366. The van der Waals surface area contributed by atoms with Gasteiger partial charge in [-0.15, -0.1) is 0 Å². The zero-order chi connectivity index (χ0) is 19.6. The first-order valence-corrected chi connectivity index (χ1v) is 10.4. The smallest absolute Gasteiger partial charge is 0.302 e. The van der Waals surface area contributed by atoms with E-state index in [0.29, 0.717) is 22.8 Å². The number of carbonyl (C=O) groups excluding carboxylic acids is 3. The maximum atomic E-state index is 12.7. The molecule has 4 rings (SSSR count). The lowest BCUT2D eigenvalue weighted by Crippen LogP contribution is -2.61. The SMILES string of the molecule is CC(=O)O[C@H]1CC[C@@]2(C)[C@H](CC[C@H]3[C@H]4CC(=O)N(O)C(=O)[C@]4(C)CC[C@@H]32)C1. The third kappa shape index (κ3) is 2.74. The molecule has 0 aromatic rings. The average Bonchev–Trinajstić information content (AvgIpc) is 2.61. The third-order valence-corrected chi connectivity index (χ3v) is 8.65. The number of imide groups is 1. The lowest BCUT2D eigenvalue weighted by atomic mass is 9.44. The Hall–Kier alpha value is -1.43. The number of piperidine rings is 1. The Kier molecular flexibility index (Phi) is 4.41. The van der Waals surface area contributed by atoms with E-state index in [-0.39, 0.29) is 29.8 Å². The van der Waals surface area contributed by atoms with Crippen molar-refractivity contribution in [3.05, 3.63) is 0 Å². The summed E-state index contributed by atoms with van der Waals surface area (Å²) in [5, 5.41) is 10.2. The van der Waals surface area contributed by atoms with Gasteiger partial charge in [-0.2, -0.15) is 5.06 Å². The molecule has 6 heteroatoms. The molecule has 6 nitrogen and oxygen atoms in total. The van der Waals surface area contributed by atoms with Gasteiger partial charge < -0.3 is 4.74 Å². The number of rotatable bonds is 1. The van der Waals surface area contributed by atoms with E-state index in [1.165, 1.54) is 6.92 Å². The average molecular weight is 377 g/mol. The summed E-state index contributed by atoms with van der Waals surface area (Å²) in [6.07, 6.45) is 6.96. The second kappa shape index (κ2) is 6.29. The van der Waals surface area contributed by atoms with Crippen LogP contribution in [0.25, 0.3) is 0 Å². The first-order chi connectivity index (χ1) is 12.7. The highest BCUT2D eigenvalue weighted by molar-refractivity contribution is 5.99. The van der Waals surface area contributed by atoms with Crippen LogP contribution in [0, 0.1) is 34.5 Å². The van der Waals surface area contributed by atoms with Gasteiger partial charge in [0, 0.05) is 13.3 Å². The van der Waals surface area contributed by atoms with Crippen molar-refractivity contribution >= 4 is 17.8 Å². The molecule has 0 bridgehead atoms. The zero-order valence-corrected chi connectivity index (χ0v) is 16.6. The fourth-order valence-corrected chi connectivity index (χ4v) is 7.15. The van der Waals surface area contributed by atoms with E-state index < -0.39 is 17.2 Å². The first kappa shape index (κ1) is 18.9. The summed E-state index contributed by atoms with van der Waals surface area (Å²) in [5.41, 5.74) is -0.439. The van der Waals surface area contributed by atoms with Gasteiger partial charge >= 0.3 is 5.97 Å². The van der Waals surface area contributed by atoms with Crippen LogP contribution in [0.2, 0.25) is 0 Å². The predicted molar refractivity (Wildman–Crippen MR) is 96.3 cm³/mol. The molecule has 4 fully saturated rings. The van der Waals surface area contributed by atoms with Gasteiger partial charge in [0.25, 0.3) is 11.8 Å². The van der Waals surface area contributed by atoms with Gasteiger partial charge in [-0.1, -0.05) is 13.8 Å². The molecule has 0 radical (unpaired) electrons. The van der Waals surface area contributed by atoms with Gasteiger partial charge in [0.05, 0.1) is 5.41 Å². The summed E-state index contributed by atoms with van der Waals surface area (Å²) in [6.45, 7) is 5.80. The number of hydrogen-bond acceptors (Lipinski definition) is 5. The van der Waals surface area contributed by atoms with Crippen LogP contribution in [0.1, 0.15) is 72.1 Å². The van der Waals surface area contributed by atoms with Gasteiger partial charge in [-0.05, 0) is 74.0 Å². The van der Waals surface area contributed by atoms with Gasteiger partial charge in [0.2, 0.25) is 0 Å². The molecule has 150 valence electrons. The molecule has 7 atom stereocenters. The molecule has 0 spiro atoms. The highest BCUT2D eigenvalue weighted by atomic mass is 16.5. The Balaban J connectivity index is 1.57. The predicted octanol–water partition coefficient (Wildman–Crippen LogP) is 3.32. The molecule has 1 N–H and O–H groups in total. The number of amides is 2. The molecule has 27 heavy (non-hydrogen) atoms. The molecule has 1 aliphatic heterocycles. The van der Waals surface area contributed by atoms with Crippen LogP contribution in [0.3, 0.4) is 0 Å². The van der Waals surface area contributed by atoms with E-state index in [2.05, 4.69) is 6.92 Å². The van der Waals surface area contributed by atoms with Gasteiger partial charge in [-0.25, -0.2) is 0 Å². The number of carbonyl (C=O) groups is 3. The highest BCUT2D eigenvalue weighted by Gasteiger charge is 2.61. The molecular formula is C21H31NO5. The van der Waals surface area contributed by atoms with Crippen LogP contribution in [0.5, 0.6) is 0 Å². The maximum absolute atomic E-state index is 12.7. The normalized spacial score (nSPS) is 47.0. The topological polar surface area (TPSA) is 83.9 Å². The quantitative estimate of drug-likeness (QED) is 0.430. The summed E-state index contributed by atoms with van der Waals surface area (Å²) in [4.78, 5) is 36.2. The Labute approximate surface area is 160 Å². The second-order valence-corrected chi connectivity index (χ2v) is 9.83. The second-order valence-electron chi connectivity index (χ2n) is 9.83. The number of fused-ring (bicyclic) bond motifs is 5. The Morgan fingerprint density at radius 1 is 1.11 bits per heavy atom. The number of ether oxygens (including phenoxy) is 1. The van der Waals surface area contributed by atoms with Crippen LogP contribution in [-0.4, -0.2) is 34.2 Å². The van der Waals surface area contributed by atoms with Crippen molar-refractivity contribution in [2.75, 3.05) is 0 Å². The van der Waals surface area contributed by atoms with Crippen molar-refractivity contribution in [3.8, 4) is 0 Å². The number of hydrogen-bond donors (Lipinski definition) is 1. The molecular weight excluding hydrogens is 346 g/mol. The van der Waals surface area contributed by atoms with Gasteiger partial charge in [0.1, 0.15) is 6.10 Å². The van der Waals surface area contributed by atoms with Crippen molar-refractivity contribution in [1.82, 2.24) is 5.06 Å².